The fourth-order valence-electron chi connectivity index (χ4n) is 1.12. The van der Waals surface area contributed by atoms with Crippen LogP contribution in [0, 0.1) is 5.82 Å². The summed E-state index contributed by atoms with van der Waals surface area (Å²) in [5.74, 6) is -0.346. The highest BCUT2D eigenvalue weighted by molar-refractivity contribution is 9.10. The lowest BCUT2D eigenvalue weighted by Crippen LogP contribution is -2.06. The van der Waals surface area contributed by atoms with E-state index in [0.717, 1.165) is 16.0 Å². The Bertz CT molecular complexity index is 531. The molecular formula is C8H5BrFNOS. The predicted octanol–water partition coefficient (Wildman–Crippen LogP) is 2.50. The molecule has 13 heavy (non-hydrogen) atoms. The van der Waals surface area contributed by atoms with Gasteiger partial charge in [-0.25, -0.2) is 4.39 Å². The normalized spacial score (nSPS) is 11.0. The second-order valence-corrected chi connectivity index (χ2v) is 4.51. The maximum atomic E-state index is 13.1. The number of nitrogens with zero attached hydrogens (tertiary/aromatic N) is 1. The number of hydrogen-bond acceptors (Lipinski definition) is 2. The van der Waals surface area contributed by atoms with Gasteiger partial charge in [-0.2, -0.15) is 0 Å². The number of hydrogen-bond donors (Lipinski definition) is 0. The molecule has 1 heterocycles. The maximum absolute atomic E-state index is 13.1. The van der Waals surface area contributed by atoms with Crippen LogP contribution < -0.4 is 4.87 Å². The van der Waals surface area contributed by atoms with Crippen molar-refractivity contribution in [2.24, 2.45) is 7.05 Å². The van der Waals surface area contributed by atoms with Crippen LogP contribution in [0.4, 0.5) is 4.39 Å². The van der Waals surface area contributed by atoms with E-state index in [1.54, 1.807) is 13.1 Å². The number of aryl methyl sites for hydroxylation is 1. The molecule has 0 spiro atoms. The summed E-state index contributed by atoms with van der Waals surface area (Å²) in [4.78, 5) is 11.1. The van der Waals surface area contributed by atoms with E-state index in [4.69, 9.17) is 0 Å². The van der Waals surface area contributed by atoms with Gasteiger partial charge in [0.05, 0.1) is 14.7 Å². The number of fused-ring (bicyclic) bond motifs is 1. The third kappa shape index (κ3) is 1.32. The highest BCUT2D eigenvalue weighted by Crippen LogP contribution is 2.24. The van der Waals surface area contributed by atoms with Crippen molar-refractivity contribution in [1.29, 1.82) is 0 Å². The molecule has 0 bridgehead atoms. The molecule has 0 radical (unpaired) electrons. The Balaban J connectivity index is 2.97. The maximum Gasteiger partial charge on any atom is 0.307 e. The molecule has 0 amide bonds. The number of aromatic nitrogens is 1. The summed E-state index contributed by atoms with van der Waals surface area (Å²) >= 11 is 4.18. The molecule has 68 valence electrons. The van der Waals surface area contributed by atoms with E-state index in [1.807, 2.05) is 0 Å². The average Bonchev–Trinajstić information content (AvgIpc) is 2.32. The summed E-state index contributed by atoms with van der Waals surface area (Å²) in [6, 6.07) is 2.98. The van der Waals surface area contributed by atoms with Crippen LogP contribution >= 0.6 is 27.3 Å². The van der Waals surface area contributed by atoms with E-state index < -0.39 is 0 Å². The van der Waals surface area contributed by atoms with Crippen LogP contribution in [0.2, 0.25) is 0 Å². The van der Waals surface area contributed by atoms with Crippen molar-refractivity contribution < 1.29 is 4.39 Å². The zero-order valence-corrected chi connectivity index (χ0v) is 9.08. The second-order valence-electron chi connectivity index (χ2n) is 2.66. The van der Waals surface area contributed by atoms with Gasteiger partial charge in [-0.1, -0.05) is 11.3 Å². The highest BCUT2D eigenvalue weighted by atomic mass is 79.9. The van der Waals surface area contributed by atoms with Crippen molar-refractivity contribution in [3.63, 3.8) is 0 Å². The zero-order valence-electron chi connectivity index (χ0n) is 6.67. The zero-order chi connectivity index (χ0) is 9.59. The lowest BCUT2D eigenvalue weighted by Gasteiger charge is -1.96. The molecule has 0 N–H and O–H groups in total. The van der Waals surface area contributed by atoms with Gasteiger partial charge < -0.3 is 4.57 Å². The van der Waals surface area contributed by atoms with Crippen molar-refractivity contribution in [2.75, 3.05) is 0 Å². The molecule has 1 aromatic carbocycles. The first-order valence-electron chi connectivity index (χ1n) is 3.54. The molecule has 2 rings (SSSR count). The van der Waals surface area contributed by atoms with Gasteiger partial charge in [0.15, 0.2) is 0 Å². The van der Waals surface area contributed by atoms with Crippen molar-refractivity contribution in [3.8, 4) is 0 Å². The van der Waals surface area contributed by atoms with Gasteiger partial charge in [-0.05, 0) is 22.0 Å². The Morgan fingerprint density at radius 2 is 2.23 bits per heavy atom. The van der Waals surface area contributed by atoms with Crippen LogP contribution in [0.15, 0.2) is 21.4 Å². The van der Waals surface area contributed by atoms with E-state index in [9.17, 15) is 9.18 Å². The molecule has 0 aliphatic heterocycles. The molecule has 2 aromatic rings. The third-order valence-electron chi connectivity index (χ3n) is 1.83. The smallest absolute Gasteiger partial charge is 0.302 e. The lowest BCUT2D eigenvalue weighted by molar-refractivity contribution is 0.622. The van der Waals surface area contributed by atoms with Gasteiger partial charge in [-0.15, -0.1) is 0 Å². The Morgan fingerprint density at radius 1 is 1.54 bits per heavy atom. The minimum absolute atomic E-state index is 0.0764. The number of thiazole rings is 1. The summed E-state index contributed by atoms with van der Waals surface area (Å²) in [5, 5.41) is 0. The Hall–Kier alpha value is -0.680. The van der Waals surface area contributed by atoms with Crippen molar-refractivity contribution in [2.45, 2.75) is 0 Å². The Labute approximate surface area is 85.7 Å². The molecule has 0 saturated carbocycles. The van der Waals surface area contributed by atoms with Gasteiger partial charge >= 0.3 is 4.87 Å². The molecule has 0 aliphatic rings. The molecular weight excluding hydrogens is 257 g/mol. The van der Waals surface area contributed by atoms with Crippen LogP contribution in [0.3, 0.4) is 0 Å². The molecule has 2 nitrogen and oxygen atoms in total. The van der Waals surface area contributed by atoms with Gasteiger partial charge in [0.2, 0.25) is 0 Å². The van der Waals surface area contributed by atoms with Crippen LogP contribution in [-0.4, -0.2) is 4.57 Å². The molecule has 5 heteroatoms. The first-order valence-corrected chi connectivity index (χ1v) is 5.15. The van der Waals surface area contributed by atoms with E-state index >= 15 is 0 Å². The first kappa shape index (κ1) is 8.90. The number of benzene rings is 1. The van der Waals surface area contributed by atoms with Crippen LogP contribution in [-0.2, 0) is 7.05 Å². The molecule has 0 saturated heterocycles. The van der Waals surface area contributed by atoms with E-state index in [2.05, 4.69) is 15.9 Å². The first-order chi connectivity index (χ1) is 6.09. The van der Waals surface area contributed by atoms with Gasteiger partial charge in [-0.3, -0.25) is 4.79 Å². The van der Waals surface area contributed by atoms with Gasteiger partial charge in [0.25, 0.3) is 0 Å². The SMILES string of the molecule is Cn1c(=O)sc2cc(Br)c(F)cc21. The van der Waals surface area contributed by atoms with Crippen molar-refractivity contribution in [3.05, 3.63) is 32.1 Å². The minimum Gasteiger partial charge on any atom is -0.302 e. The van der Waals surface area contributed by atoms with Gasteiger partial charge in [0, 0.05) is 13.1 Å². The lowest BCUT2D eigenvalue weighted by atomic mass is 10.3. The average molecular weight is 262 g/mol. The molecule has 1 aromatic heterocycles. The molecule has 0 aliphatic carbocycles. The van der Waals surface area contributed by atoms with Crippen molar-refractivity contribution in [1.82, 2.24) is 4.57 Å². The summed E-state index contributed by atoms with van der Waals surface area (Å²) in [5.41, 5.74) is 0.635. The molecule has 0 fully saturated rings. The fraction of sp³-hybridized carbons (Fsp3) is 0.125. The van der Waals surface area contributed by atoms with E-state index in [1.165, 1.54) is 10.6 Å². The Morgan fingerprint density at radius 3 is 2.92 bits per heavy atom. The van der Waals surface area contributed by atoms with Crippen LogP contribution in [0.25, 0.3) is 10.2 Å². The molecule has 0 unspecified atom stereocenters. The second kappa shape index (κ2) is 2.92. The summed E-state index contributed by atoms with van der Waals surface area (Å²) in [6.07, 6.45) is 0. The van der Waals surface area contributed by atoms with E-state index in [-0.39, 0.29) is 10.7 Å². The van der Waals surface area contributed by atoms with Gasteiger partial charge in [0.1, 0.15) is 5.82 Å². The Kier molecular flexibility index (Phi) is 2.00. The number of rotatable bonds is 0. The quantitative estimate of drug-likeness (QED) is 0.715. The highest BCUT2D eigenvalue weighted by Gasteiger charge is 2.07. The summed E-state index contributed by atoms with van der Waals surface area (Å²) in [7, 11) is 1.63. The van der Waals surface area contributed by atoms with Crippen LogP contribution in [0.1, 0.15) is 0 Å². The largest absolute Gasteiger partial charge is 0.307 e. The standard InChI is InChI=1S/C8H5BrFNOS/c1-11-6-3-5(10)4(9)2-7(6)13-8(11)12/h2-3H,1H3. The monoisotopic (exact) mass is 261 g/mol. The number of halogens is 2. The minimum atomic E-state index is -0.346. The topological polar surface area (TPSA) is 22.0 Å². The third-order valence-corrected chi connectivity index (χ3v) is 3.44. The fourth-order valence-corrected chi connectivity index (χ4v) is 2.52. The summed E-state index contributed by atoms with van der Waals surface area (Å²) < 4.78 is 15.7. The van der Waals surface area contributed by atoms with Crippen LogP contribution in [0.5, 0.6) is 0 Å². The van der Waals surface area contributed by atoms with Crippen molar-refractivity contribution >= 4 is 37.5 Å². The summed E-state index contributed by atoms with van der Waals surface area (Å²) in [6.45, 7) is 0. The molecule has 0 atom stereocenters. The van der Waals surface area contributed by atoms with E-state index in [0.29, 0.717) is 9.99 Å². The predicted molar refractivity (Wildman–Crippen MR) is 54.7 cm³/mol.